The number of ether oxygens (including phenoxy) is 3. The van der Waals surface area contributed by atoms with Gasteiger partial charge in [0.2, 0.25) is 0 Å². The zero-order valence-electron chi connectivity index (χ0n) is 17.4. The SMILES string of the molecule is CCOC(=O)C1=C[C@H](O[Si](C)(C)C(C)(C)C)[C@@H]2C[C@H]3OC(C)(C)O[C@H]3[C@H]12. The highest BCUT2D eigenvalue weighted by Crippen LogP contribution is 2.53. The van der Waals surface area contributed by atoms with Gasteiger partial charge >= 0.3 is 5.97 Å². The van der Waals surface area contributed by atoms with Gasteiger partial charge in [0.15, 0.2) is 14.1 Å². The highest BCUT2D eigenvalue weighted by atomic mass is 28.4. The van der Waals surface area contributed by atoms with Gasteiger partial charge in [-0.3, -0.25) is 0 Å². The summed E-state index contributed by atoms with van der Waals surface area (Å²) in [6.45, 7) is 17.3. The van der Waals surface area contributed by atoms with E-state index in [2.05, 4.69) is 33.9 Å². The van der Waals surface area contributed by atoms with E-state index < -0.39 is 14.1 Å². The smallest absolute Gasteiger partial charge is 0.334 e. The predicted molar refractivity (Wildman–Crippen MR) is 102 cm³/mol. The Bertz CT molecular complexity index is 604. The van der Waals surface area contributed by atoms with E-state index in [4.69, 9.17) is 18.6 Å². The quantitative estimate of drug-likeness (QED) is 0.543. The van der Waals surface area contributed by atoms with E-state index in [1.54, 1.807) is 0 Å². The maximum absolute atomic E-state index is 12.6. The Morgan fingerprint density at radius 2 is 1.96 bits per heavy atom. The molecule has 2 fully saturated rings. The van der Waals surface area contributed by atoms with Crippen molar-refractivity contribution in [2.45, 2.75) is 90.2 Å². The van der Waals surface area contributed by atoms with Crippen LogP contribution >= 0.6 is 0 Å². The first-order chi connectivity index (χ1) is 11.9. The minimum absolute atomic E-state index is 0.00408. The van der Waals surface area contributed by atoms with Crippen molar-refractivity contribution < 1.29 is 23.4 Å². The molecule has 0 radical (unpaired) electrons. The van der Waals surface area contributed by atoms with Crippen LogP contribution < -0.4 is 0 Å². The van der Waals surface area contributed by atoms with Crippen LogP contribution in [0.5, 0.6) is 0 Å². The van der Waals surface area contributed by atoms with Crippen LogP contribution in [0.2, 0.25) is 18.1 Å². The molecule has 5 nitrogen and oxygen atoms in total. The third-order valence-corrected chi connectivity index (χ3v) is 10.9. The van der Waals surface area contributed by atoms with Crippen molar-refractivity contribution in [1.29, 1.82) is 0 Å². The first-order valence-corrected chi connectivity index (χ1v) is 12.7. The van der Waals surface area contributed by atoms with Crippen molar-refractivity contribution in [3.63, 3.8) is 0 Å². The zero-order chi connectivity index (χ0) is 19.5. The second kappa shape index (κ2) is 6.43. The second-order valence-electron chi connectivity index (χ2n) is 9.75. The van der Waals surface area contributed by atoms with E-state index in [1.165, 1.54) is 0 Å². The molecule has 1 aliphatic heterocycles. The average molecular weight is 383 g/mol. The van der Waals surface area contributed by atoms with Gasteiger partial charge in [0.1, 0.15) is 0 Å². The maximum Gasteiger partial charge on any atom is 0.334 e. The summed E-state index contributed by atoms with van der Waals surface area (Å²) in [5.74, 6) is -0.624. The average Bonchev–Trinajstić information content (AvgIpc) is 3.05. The summed E-state index contributed by atoms with van der Waals surface area (Å²) in [6, 6.07) is 0. The van der Waals surface area contributed by atoms with Crippen LogP contribution in [0.15, 0.2) is 11.6 Å². The Balaban J connectivity index is 1.88. The van der Waals surface area contributed by atoms with Crippen molar-refractivity contribution in [2.75, 3.05) is 6.61 Å². The lowest BCUT2D eigenvalue weighted by molar-refractivity contribution is -0.161. The van der Waals surface area contributed by atoms with Crippen LogP contribution in [0.1, 0.15) is 48.0 Å². The van der Waals surface area contributed by atoms with E-state index >= 15 is 0 Å². The summed E-state index contributed by atoms with van der Waals surface area (Å²) in [6.07, 6.45) is 2.72. The Labute approximate surface area is 158 Å². The molecule has 6 heteroatoms. The topological polar surface area (TPSA) is 54.0 Å². The van der Waals surface area contributed by atoms with Crippen molar-refractivity contribution in [3.05, 3.63) is 11.6 Å². The molecule has 1 saturated heterocycles. The number of hydrogen-bond donors (Lipinski definition) is 0. The standard InChI is InChI=1S/C20H34O5Si/c1-9-22-18(21)13-11-14(25-26(7,8)19(2,3)4)12-10-15-17(16(12)13)24-20(5,6)23-15/h11-12,14-17H,9-10H2,1-8H3/t12-,14-,15+,16-,17+/m0/s1. The van der Waals surface area contributed by atoms with Gasteiger partial charge in [0.05, 0.1) is 24.9 Å². The van der Waals surface area contributed by atoms with Crippen molar-refractivity contribution in [3.8, 4) is 0 Å². The Morgan fingerprint density at radius 1 is 1.31 bits per heavy atom. The maximum atomic E-state index is 12.6. The molecule has 5 atom stereocenters. The van der Waals surface area contributed by atoms with Gasteiger partial charge in [-0.1, -0.05) is 20.8 Å². The third kappa shape index (κ3) is 3.41. The molecule has 1 saturated carbocycles. The van der Waals surface area contributed by atoms with E-state index in [1.807, 2.05) is 26.8 Å². The molecular formula is C20H34O5Si. The molecule has 3 aliphatic rings. The fourth-order valence-corrected chi connectivity index (χ4v) is 5.50. The molecule has 0 aromatic heterocycles. The number of carbonyl (C=O) groups is 1. The van der Waals surface area contributed by atoms with E-state index in [0.29, 0.717) is 12.2 Å². The number of esters is 1. The number of carbonyl (C=O) groups excluding carboxylic acids is 1. The minimum atomic E-state index is -1.96. The first-order valence-electron chi connectivity index (χ1n) is 9.78. The number of hydrogen-bond acceptors (Lipinski definition) is 5. The van der Waals surface area contributed by atoms with Gasteiger partial charge in [-0.25, -0.2) is 4.79 Å². The van der Waals surface area contributed by atoms with Gasteiger partial charge in [-0.2, -0.15) is 0 Å². The molecule has 0 spiro atoms. The summed E-state index contributed by atoms with van der Waals surface area (Å²) in [5, 5.41) is 0.118. The molecule has 2 aliphatic carbocycles. The molecule has 3 rings (SSSR count). The number of fused-ring (bicyclic) bond motifs is 3. The van der Waals surface area contributed by atoms with Crippen LogP contribution in [-0.4, -0.2) is 45.0 Å². The van der Waals surface area contributed by atoms with Gasteiger partial charge in [0, 0.05) is 11.5 Å². The first kappa shape index (κ1) is 20.1. The molecule has 1 heterocycles. The summed E-state index contributed by atoms with van der Waals surface area (Å²) in [7, 11) is -1.96. The minimum Gasteiger partial charge on any atom is -0.463 e. The molecule has 148 valence electrons. The molecule has 0 amide bonds. The van der Waals surface area contributed by atoms with Gasteiger partial charge in [0.25, 0.3) is 0 Å². The van der Waals surface area contributed by atoms with Gasteiger partial charge in [-0.05, 0) is 57.3 Å². The molecule has 0 aromatic carbocycles. The van der Waals surface area contributed by atoms with Crippen molar-refractivity contribution >= 4 is 14.3 Å². The van der Waals surface area contributed by atoms with Gasteiger partial charge in [-0.15, -0.1) is 0 Å². The molecule has 0 N–H and O–H groups in total. The largest absolute Gasteiger partial charge is 0.463 e. The third-order valence-electron chi connectivity index (χ3n) is 6.41. The lowest BCUT2D eigenvalue weighted by atomic mass is 9.92. The van der Waals surface area contributed by atoms with Crippen LogP contribution in [0.25, 0.3) is 0 Å². The fraction of sp³-hybridized carbons (Fsp3) is 0.850. The molecule has 26 heavy (non-hydrogen) atoms. The van der Waals surface area contributed by atoms with Gasteiger partial charge < -0.3 is 18.6 Å². The van der Waals surface area contributed by atoms with Crippen LogP contribution in [-0.2, 0) is 23.4 Å². The Hall–Kier alpha value is -0.693. The van der Waals surface area contributed by atoms with E-state index in [-0.39, 0.29) is 41.2 Å². The molecule has 0 bridgehead atoms. The zero-order valence-corrected chi connectivity index (χ0v) is 18.4. The summed E-state index contributed by atoms with van der Waals surface area (Å²) in [5.41, 5.74) is 0.717. The highest BCUT2D eigenvalue weighted by Gasteiger charge is 2.60. The van der Waals surface area contributed by atoms with Crippen LogP contribution in [0, 0.1) is 11.8 Å². The summed E-state index contributed by atoms with van der Waals surface area (Å²) in [4.78, 5) is 12.6. The predicted octanol–water partition coefficient (Wildman–Crippen LogP) is 4.04. The van der Waals surface area contributed by atoms with Crippen LogP contribution in [0.4, 0.5) is 0 Å². The monoisotopic (exact) mass is 382 g/mol. The molecular weight excluding hydrogens is 348 g/mol. The summed E-state index contributed by atoms with van der Waals surface area (Å²) >= 11 is 0. The van der Waals surface area contributed by atoms with E-state index in [9.17, 15) is 4.79 Å². The normalized spacial score (nSPS) is 35.8. The summed E-state index contributed by atoms with van der Waals surface area (Å²) < 4.78 is 24.3. The van der Waals surface area contributed by atoms with Crippen molar-refractivity contribution in [1.82, 2.24) is 0 Å². The Morgan fingerprint density at radius 3 is 2.54 bits per heavy atom. The highest BCUT2D eigenvalue weighted by molar-refractivity contribution is 6.74. The van der Waals surface area contributed by atoms with E-state index in [0.717, 1.165) is 6.42 Å². The molecule has 0 aromatic rings. The fourth-order valence-electron chi connectivity index (χ4n) is 4.22. The lowest BCUT2D eigenvalue weighted by Gasteiger charge is -2.39. The molecule has 0 unspecified atom stereocenters. The van der Waals surface area contributed by atoms with Crippen LogP contribution in [0.3, 0.4) is 0 Å². The number of rotatable bonds is 4. The van der Waals surface area contributed by atoms with Crippen molar-refractivity contribution in [2.24, 2.45) is 11.8 Å². The lowest BCUT2D eigenvalue weighted by Crippen LogP contribution is -2.45. The Kier molecular flexibility index (Phi) is 4.96. The second-order valence-corrected chi connectivity index (χ2v) is 14.5.